The molecule has 96 valence electrons. The first-order valence-electron chi connectivity index (χ1n) is 6.41. The molecule has 4 nitrogen and oxygen atoms in total. The van der Waals surface area contributed by atoms with Crippen molar-refractivity contribution in [2.75, 3.05) is 32.8 Å². The van der Waals surface area contributed by atoms with Gasteiger partial charge in [-0.05, 0) is 39.8 Å². The van der Waals surface area contributed by atoms with E-state index in [1.807, 2.05) is 13.8 Å². The summed E-state index contributed by atoms with van der Waals surface area (Å²) in [7, 11) is 0. The Morgan fingerprint density at radius 1 is 1.06 bits per heavy atom. The van der Waals surface area contributed by atoms with E-state index in [0.717, 1.165) is 13.1 Å². The molecule has 1 N–H and O–H groups in total. The maximum absolute atomic E-state index is 10.0. The molecule has 1 heterocycles. The molecule has 0 aromatic heterocycles. The first-order valence-corrected chi connectivity index (χ1v) is 6.41. The van der Waals surface area contributed by atoms with Gasteiger partial charge in [-0.1, -0.05) is 6.42 Å². The van der Waals surface area contributed by atoms with Gasteiger partial charge in [0.2, 0.25) is 0 Å². The molecular weight excluding hydrogens is 206 g/mol. The van der Waals surface area contributed by atoms with Crippen LogP contribution in [0, 0.1) is 0 Å². The summed E-state index contributed by atoms with van der Waals surface area (Å²) < 4.78 is 10.8. The summed E-state index contributed by atoms with van der Waals surface area (Å²) in [6.45, 7) is 7.80. The van der Waals surface area contributed by atoms with Crippen LogP contribution < -0.4 is 0 Å². The molecule has 0 amide bonds. The lowest BCUT2D eigenvalue weighted by Gasteiger charge is -2.31. The number of likely N-dealkylation sites (tertiary alicyclic amines) is 1. The summed E-state index contributed by atoms with van der Waals surface area (Å²) in [5.74, 6) is 0. The summed E-state index contributed by atoms with van der Waals surface area (Å²) in [5, 5.41) is 10.0. The van der Waals surface area contributed by atoms with Crippen LogP contribution in [-0.2, 0) is 9.47 Å². The largest absolute Gasteiger partial charge is 0.386 e. The van der Waals surface area contributed by atoms with Crippen LogP contribution in [0.15, 0.2) is 0 Å². The van der Waals surface area contributed by atoms with Crippen LogP contribution in [0.4, 0.5) is 0 Å². The van der Waals surface area contributed by atoms with E-state index >= 15 is 0 Å². The van der Waals surface area contributed by atoms with E-state index in [1.165, 1.54) is 19.3 Å². The lowest BCUT2D eigenvalue weighted by molar-refractivity contribution is -0.193. The van der Waals surface area contributed by atoms with Crippen molar-refractivity contribution in [3.8, 4) is 0 Å². The van der Waals surface area contributed by atoms with Crippen LogP contribution in [0.5, 0.6) is 0 Å². The van der Waals surface area contributed by atoms with Gasteiger partial charge in [-0.2, -0.15) is 0 Å². The molecule has 0 aromatic rings. The van der Waals surface area contributed by atoms with Gasteiger partial charge in [-0.15, -0.1) is 0 Å². The minimum atomic E-state index is -0.544. The maximum atomic E-state index is 10.0. The minimum Gasteiger partial charge on any atom is -0.386 e. The molecule has 1 saturated heterocycles. The normalized spacial score (nSPS) is 20.2. The fraction of sp³-hybridized carbons (Fsp3) is 1.00. The first kappa shape index (κ1) is 13.9. The Bertz CT molecular complexity index is 166. The average molecular weight is 231 g/mol. The summed E-state index contributed by atoms with van der Waals surface area (Å²) in [4.78, 5) is 2.29. The van der Waals surface area contributed by atoms with E-state index in [-0.39, 0.29) is 0 Å². The van der Waals surface area contributed by atoms with Gasteiger partial charge in [0, 0.05) is 19.8 Å². The SMILES string of the molecule is CCOC(OCC)C(O)CN1CCCCC1. The molecular formula is C12H25NO3. The molecule has 4 heteroatoms. The van der Waals surface area contributed by atoms with Gasteiger partial charge >= 0.3 is 0 Å². The van der Waals surface area contributed by atoms with Crippen molar-refractivity contribution in [2.45, 2.75) is 45.5 Å². The van der Waals surface area contributed by atoms with Crippen molar-refractivity contribution in [3.05, 3.63) is 0 Å². The van der Waals surface area contributed by atoms with Gasteiger partial charge in [0.1, 0.15) is 6.10 Å². The van der Waals surface area contributed by atoms with E-state index in [9.17, 15) is 5.11 Å². The highest BCUT2D eigenvalue weighted by atomic mass is 16.7. The van der Waals surface area contributed by atoms with Gasteiger partial charge in [-0.3, -0.25) is 0 Å². The molecule has 1 aliphatic rings. The van der Waals surface area contributed by atoms with Crippen LogP contribution in [0.1, 0.15) is 33.1 Å². The zero-order chi connectivity index (χ0) is 11.8. The van der Waals surface area contributed by atoms with Crippen molar-refractivity contribution in [1.29, 1.82) is 0 Å². The predicted molar refractivity (Wildman–Crippen MR) is 63.3 cm³/mol. The van der Waals surface area contributed by atoms with Crippen LogP contribution in [0.2, 0.25) is 0 Å². The van der Waals surface area contributed by atoms with Crippen molar-refractivity contribution in [1.82, 2.24) is 4.90 Å². The second-order valence-electron chi connectivity index (χ2n) is 4.21. The molecule has 1 atom stereocenters. The standard InChI is InChI=1S/C12H25NO3/c1-3-15-12(16-4-2)11(14)10-13-8-6-5-7-9-13/h11-12,14H,3-10H2,1-2H3. The molecule has 1 unspecified atom stereocenters. The van der Waals surface area contributed by atoms with Crippen LogP contribution in [0.3, 0.4) is 0 Å². The van der Waals surface area contributed by atoms with Gasteiger partial charge in [0.05, 0.1) is 0 Å². The fourth-order valence-electron chi connectivity index (χ4n) is 2.09. The zero-order valence-corrected chi connectivity index (χ0v) is 10.5. The van der Waals surface area contributed by atoms with Crippen molar-refractivity contribution >= 4 is 0 Å². The highest BCUT2D eigenvalue weighted by Gasteiger charge is 2.23. The quantitative estimate of drug-likeness (QED) is 0.669. The molecule has 0 radical (unpaired) electrons. The van der Waals surface area contributed by atoms with E-state index in [0.29, 0.717) is 19.8 Å². The van der Waals surface area contributed by atoms with Crippen molar-refractivity contribution in [2.24, 2.45) is 0 Å². The van der Waals surface area contributed by atoms with Crippen molar-refractivity contribution in [3.63, 3.8) is 0 Å². The third-order valence-corrected chi connectivity index (χ3v) is 2.87. The molecule has 1 rings (SSSR count). The number of rotatable bonds is 7. The molecule has 1 aliphatic heterocycles. The summed E-state index contributed by atoms with van der Waals surface area (Å²) in [6.07, 6.45) is 2.77. The van der Waals surface area contributed by atoms with Gasteiger partial charge in [0.15, 0.2) is 6.29 Å². The Labute approximate surface area is 98.5 Å². The minimum absolute atomic E-state index is 0.475. The molecule has 0 saturated carbocycles. The zero-order valence-electron chi connectivity index (χ0n) is 10.5. The molecule has 16 heavy (non-hydrogen) atoms. The molecule has 0 spiro atoms. The van der Waals surface area contributed by atoms with Crippen molar-refractivity contribution < 1.29 is 14.6 Å². The maximum Gasteiger partial charge on any atom is 0.184 e. The van der Waals surface area contributed by atoms with E-state index in [4.69, 9.17) is 9.47 Å². The molecule has 1 fully saturated rings. The number of hydrogen-bond acceptors (Lipinski definition) is 4. The Hall–Kier alpha value is -0.160. The Kier molecular flexibility index (Phi) is 6.96. The highest BCUT2D eigenvalue weighted by Crippen LogP contribution is 2.11. The Morgan fingerprint density at radius 2 is 1.62 bits per heavy atom. The Balaban J connectivity index is 2.31. The summed E-state index contributed by atoms with van der Waals surface area (Å²) in [6, 6.07) is 0. The number of hydrogen-bond donors (Lipinski definition) is 1. The second kappa shape index (κ2) is 8.01. The summed E-state index contributed by atoms with van der Waals surface area (Å²) >= 11 is 0. The second-order valence-corrected chi connectivity index (χ2v) is 4.21. The number of ether oxygens (including phenoxy) is 2. The average Bonchev–Trinajstić information content (AvgIpc) is 2.30. The van der Waals surface area contributed by atoms with E-state index in [1.54, 1.807) is 0 Å². The molecule has 0 aromatic carbocycles. The topological polar surface area (TPSA) is 41.9 Å². The molecule has 0 bridgehead atoms. The predicted octanol–water partition coefficient (Wildman–Crippen LogP) is 1.23. The van der Waals surface area contributed by atoms with E-state index in [2.05, 4.69) is 4.90 Å². The summed E-state index contributed by atoms with van der Waals surface area (Å²) in [5.41, 5.74) is 0. The van der Waals surface area contributed by atoms with Crippen LogP contribution in [0.25, 0.3) is 0 Å². The number of aliphatic hydroxyl groups excluding tert-OH is 1. The number of piperidine rings is 1. The first-order chi connectivity index (χ1) is 7.77. The highest BCUT2D eigenvalue weighted by molar-refractivity contribution is 4.71. The lowest BCUT2D eigenvalue weighted by atomic mass is 10.1. The van der Waals surface area contributed by atoms with Crippen LogP contribution in [-0.4, -0.2) is 55.2 Å². The van der Waals surface area contributed by atoms with E-state index < -0.39 is 12.4 Å². The monoisotopic (exact) mass is 231 g/mol. The lowest BCUT2D eigenvalue weighted by Crippen LogP contribution is -2.43. The third-order valence-electron chi connectivity index (χ3n) is 2.87. The third kappa shape index (κ3) is 4.78. The van der Waals surface area contributed by atoms with Gasteiger partial charge in [-0.25, -0.2) is 0 Å². The fourth-order valence-corrected chi connectivity index (χ4v) is 2.09. The van der Waals surface area contributed by atoms with Gasteiger partial charge in [0.25, 0.3) is 0 Å². The number of nitrogens with zero attached hydrogens (tertiary/aromatic N) is 1. The smallest absolute Gasteiger partial charge is 0.184 e. The number of aliphatic hydroxyl groups is 1. The Morgan fingerprint density at radius 3 is 2.12 bits per heavy atom. The molecule has 0 aliphatic carbocycles. The van der Waals surface area contributed by atoms with Gasteiger partial charge < -0.3 is 19.5 Å². The van der Waals surface area contributed by atoms with Crippen LogP contribution >= 0.6 is 0 Å². The number of β-amino-alcohol motifs (C(OH)–C–C–N with tert-alkyl or cyclic N) is 1.